The van der Waals surface area contributed by atoms with Gasteiger partial charge in [0.15, 0.2) is 0 Å². The topological polar surface area (TPSA) is 147 Å². The summed E-state index contributed by atoms with van der Waals surface area (Å²) in [5.41, 5.74) is 1.64. The number of aliphatic hydroxyl groups excluding tert-OH is 1. The second-order valence-corrected chi connectivity index (χ2v) is 9.37. The molecule has 22 heavy (non-hydrogen) atoms. The molecule has 124 valence electrons. The largest absolute Gasteiger partial charge is 0.396 e. The van der Waals surface area contributed by atoms with Gasteiger partial charge >= 0.3 is 15.2 Å². The molecule has 1 aliphatic heterocycles. The van der Waals surface area contributed by atoms with Gasteiger partial charge in [-0.15, -0.1) is 0 Å². The van der Waals surface area contributed by atoms with Gasteiger partial charge in [-0.1, -0.05) is 11.6 Å². The van der Waals surface area contributed by atoms with Crippen molar-refractivity contribution in [2.45, 2.75) is 24.2 Å². The van der Waals surface area contributed by atoms with Crippen molar-refractivity contribution in [3.05, 3.63) is 35.1 Å². The molecule has 0 fully saturated rings. The number of unbranched alkanes of at least 4 members (excludes halogenated alkanes) is 1. The van der Waals surface area contributed by atoms with E-state index in [0.29, 0.717) is 30.7 Å². The van der Waals surface area contributed by atoms with Crippen LogP contribution in [0, 0.1) is 0 Å². The summed E-state index contributed by atoms with van der Waals surface area (Å²) in [6.45, 7) is 0.529. The Morgan fingerprint density at radius 3 is 2.27 bits per heavy atom. The summed E-state index contributed by atoms with van der Waals surface area (Å²) in [5, 5.41) is 11.7. The lowest BCUT2D eigenvalue weighted by molar-refractivity contribution is 0.284. The van der Waals surface area contributed by atoms with Crippen molar-refractivity contribution in [1.82, 2.24) is 5.32 Å². The van der Waals surface area contributed by atoms with Crippen molar-refractivity contribution >= 4 is 15.2 Å². The molecule has 1 aliphatic carbocycles. The van der Waals surface area contributed by atoms with Gasteiger partial charge in [0.05, 0.1) is 0 Å². The molecular formula is C12H19NO7P2. The fourth-order valence-corrected chi connectivity index (χ4v) is 5.09. The van der Waals surface area contributed by atoms with Gasteiger partial charge in [-0.2, -0.15) is 0 Å². The Labute approximate surface area is 127 Å². The third-order valence-electron chi connectivity index (χ3n) is 3.74. The van der Waals surface area contributed by atoms with Gasteiger partial charge < -0.3 is 30.0 Å². The Kier molecular flexibility index (Phi) is 4.85. The van der Waals surface area contributed by atoms with Crippen LogP contribution in [0.3, 0.4) is 0 Å². The van der Waals surface area contributed by atoms with Gasteiger partial charge in [-0.25, -0.2) is 0 Å². The van der Waals surface area contributed by atoms with Crippen LogP contribution in [0.25, 0.3) is 0 Å². The molecule has 0 radical (unpaired) electrons. The van der Waals surface area contributed by atoms with Crippen LogP contribution in [0.15, 0.2) is 35.1 Å². The molecule has 8 nitrogen and oxygen atoms in total. The first-order valence-electron chi connectivity index (χ1n) is 6.72. The number of fused-ring (bicyclic) bond motifs is 1. The SMILES string of the molecule is O=P(O)(O)C1(P(=O)(O)O)C=C2C=C(CCCCO)CNC2=C1. The number of hydrogen-bond donors (Lipinski definition) is 6. The van der Waals surface area contributed by atoms with Crippen LogP contribution in [0.1, 0.15) is 19.3 Å². The van der Waals surface area contributed by atoms with Crippen LogP contribution < -0.4 is 5.32 Å². The molecule has 0 aromatic heterocycles. The van der Waals surface area contributed by atoms with Crippen LogP contribution in [0.2, 0.25) is 0 Å². The summed E-state index contributed by atoms with van der Waals surface area (Å²) < 4.78 is 23.3. The van der Waals surface area contributed by atoms with E-state index in [1.807, 2.05) is 0 Å². The monoisotopic (exact) mass is 351 g/mol. The number of hydrogen-bond acceptors (Lipinski definition) is 4. The van der Waals surface area contributed by atoms with Crippen molar-refractivity contribution in [3.8, 4) is 0 Å². The van der Waals surface area contributed by atoms with Gasteiger partial charge in [0.1, 0.15) is 0 Å². The molecule has 0 aromatic carbocycles. The highest BCUT2D eigenvalue weighted by atomic mass is 31.2. The molecule has 0 saturated heterocycles. The quantitative estimate of drug-likeness (QED) is 0.300. The van der Waals surface area contributed by atoms with Crippen LogP contribution in [-0.2, 0) is 9.13 Å². The van der Waals surface area contributed by atoms with Gasteiger partial charge in [-0.3, -0.25) is 9.13 Å². The fourth-order valence-electron chi connectivity index (χ4n) is 2.53. The molecule has 1 heterocycles. The third kappa shape index (κ3) is 3.14. The second-order valence-electron chi connectivity index (χ2n) is 5.37. The average molecular weight is 351 g/mol. The van der Waals surface area contributed by atoms with Crippen molar-refractivity contribution in [2.24, 2.45) is 0 Å². The zero-order valence-electron chi connectivity index (χ0n) is 11.7. The van der Waals surface area contributed by atoms with E-state index in [1.165, 1.54) is 0 Å². The highest BCUT2D eigenvalue weighted by molar-refractivity contribution is 7.73. The Hall–Kier alpha value is -0.720. The first-order valence-corrected chi connectivity index (χ1v) is 9.95. The van der Waals surface area contributed by atoms with Crippen molar-refractivity contribution in [2.75, 3.05) is 13.2 Å². The predicted molar refractivity (Wildman–Crippen MR) is 80.0 cm³/mol. The highest BCUT2D eigenvalue weighted by Gasteiger charge is 2.59. The molecule has 6 N–H and O–H groups in total. The molecule has 0 unspecified atom stereocenters. The van der Waals surface area contributed by atoms with E-state index in [0.717, 1.165) is 24.1 Å². The zero-order valence-corrected chi connectivity index (χ0v) is 13.5. The summed E-state index contributed by atoms with van der Waals surface area (Å²) in [6, 6.07) is 0. The molecular weight excluding hydrogens is 332 g/mol. The summed E-state index contributed by atoms with van der Waals surface area (Å²) in [4.78, 5) is 35.2. The van der Waals surface area contributed by atoms with E-state index >= 15 is 0 Å². The van der Waals surface area contributed by atoms with Crippen molar-refractivity contribution < 1.29 is 33.8 Å². The highest BCUT2D eigenvalue weighted by Crippen LogP contribution is 2.72. The van der Waals surface area contributed by atoms with Gasteiger partial charge in [0.2, 0.25) is 4.90 Å². The van der Waals surface area contributed by atoms with Crippen LogP contribution >= 0.6 is 15.2 Å². The van der Waals surface area contributed by atoms with E-state index in [2.05, 4.69) is 5.32 Å². The molecule has 0 spiro atoms. The van der Waals surface area contributed by atoms with E-state index in [-0.39, 0.29) is 6.61 Å². The van der Waals surface area contributed by atoms with E-state index in [1.54, 1.807) is 6.08 Å². The van der Waals surface area contributed by atoms with Gasteiger partial charge in [0.25, 0.3) is 0 Å². The Balaban J connectivity index is 2.37. The molecule has 0 aromatic rings. The molecule has 0 bridgehead atoms. The third-order valence-corrected chi connectivity index (χ3v) is 7.69. The number of nitrogens with one attached hydrogen (secondary N) is 1. The second kappa shape index (κ2) is 6.06. The summed E-state index contributed by atoms with van der Waals surface area (Å²) in [6.07, 6.45) is 5.68. The Morgan fingerprint density at radius 2 is 1.73 bits per heavy atom. The molecule has 10 heteroatoms. The fraction of sp³-hybridized carbons (Fsp3) is 0.500. The van der Waals surface area contributed by atoms with Crippen LogP contribution in [-0.4, -0.2) is 42.7 Å². The maximum atomic E-state index is 11.7. The lowest BCUT2D eigenvalue weighted by Gasteiger charge is -2.26. The Morgan fingerprint density at radius 1 is 1.09 bits per heavy atom. The minimum absolute atomic E-state index is 0.0914. The Bertz CT molecular complexity index is 618. The first-order chi connectivity index (χ1) is 10.1. The molecule has 0 atom stereocenters. The maximum absolute atomic E-state index is 11.7. The normalized spacial score (nSPS) is 20.7. The zero-order chi connectivity index (χ0) is 16.6. The van der Waals surface area contributed by atoms with Gasteiger partial charge in [-0.05, 0) is 37.0 Å². The van der Waals surface area contributed by atoms with Crippen LogP contribution in [0.5, 0.6) is 0 Å². The van der Waals surface area contributed by atoms with Crippen molar-refractivity contribution in [1.29, 1.82) is 0 Å². The molecule has 2 rings (SSSR count). The minimum atomic E-state index is -5.10. The standard InChI is InChI=1S/C12H19NO7P2/c14-4-2-1-3-9-5-10-6-12(21(15,16)17,22(18,19)20)7-11(10)13-8-9/h5-7,13-14H,1-4,8H2,(H2,15,16,17)(H2,18,19,20). The average Bonchev–Trinajstić information content (AvgIpc) is 2.78. The lowest BCUT2D eigenvalue weighted by Crippen LogP contribution is -2.23. The van der Waals surface area contributed by atoms with E-state index in [9.17, 15) is 28.7 Å². The summed E-state index contributed by atoms with van der Waals surface area (Å²) in [7, 11) is -10.2. The predicted octanol–water partition coefficient (Wildman–Crippen LogP) is 0.554. The van der Waals surface area contributed by atoms with E-state index < -0.39 is 20.1 Å². The smallest absolute Gasteiger partial charge is 0.351 e. The number of rotatable bonds is 6. The lowest BCUT2D eigenvalue weighted by atomic mass is 10.0. The molecule has 0 amide bonds. The minimum Gasteiger partial charge on any atom is -0.396 e. The molecule has 0 saturated carbocycles. The summed E-state index contributed by atoms with van der Waals surface area (Å²) >= 11 is 0. The van der Waals surface area contributed by atoms with Gasteiger partial charge in [0, 0.05) is 18.8 Å². The van der Waals surface area contributed by atoms with E-state index in [4.69, 9.17) is 5.11 Å². The maximum Gasteiger partial charge on any atom is 0.351 e. The first kappa shape index (κ1) is 17.6. The van der Waals surface area contributed by atoms with Crippen LogP contribution in [0.4, 0.5) is 0 Å². The summed E-state index contributed by atoms with van der Waals surface area (Å²) in [5.74, 6) is 0. The van der Waals surface area contributed by atoms with Crippen molar-refractivity contribution in [3.63, 3.8) is 0 Å². The molecule has 2 aliphatic rings. The number of allylic oxidation sites excluding steroid dienone is 3. The number of aliphatic hydroxyl groups is 1.